The monoisotopic (exact) mass is 585 g/mol. The van der Waals surface area contributed by atoms with E-state index in [1.807, 2.05) is 0 Å². The average molecular weight is 586 g/mol. The number of nitrogens with two attached hydrogens (primary N) is 1. The highest BCUT2D eigenvalue weighted by Crippen LogP contribution is 2.18. The minimum absolute atomic E-state index is 0.0886. The third-order valence-corrected chi connectivity index (χ3v) is 5.70. The molecule has 1 amide bonds. The highest BCUT2D eigenvalue weighted by molar-refractivity contribution is 5.91. The standard InChI is InChI=1S/C24H35N5O12/c1-15(7-27(9-20(31)32)10-21(33)34)29(13-24(39)40)18(8-28(11-22(35)36)12-23(37)38)6-16-2-4-17(5-3-16)26-19(30)14-41-25/h2-5,15,18H,6-14,25H2,1H3,(H,26,30)(H,31,32)(H,33,34)(H,35,36)(H,37,38)(H,39,40)/t15-,18+/m0/s1. The first-order valence-corrected chi connectivity index (χ1v) is 12.2. The summed E-state index contributed by atoms with van der Waals surface area (Å²) in [6.45, 7) is -2.37. The Hall–Kier alpha value is -4.16. The van der Waals surface area contributed by atoms with Gasteiger partial charge in [0.15, 0.2) is 0 Å². The number of rotatable bonds is 21. The molecule has 0 aliphatic rings. The van der Waals surface area contributed by atoms with Crippen LogP contribution in [0.15, 0.2) is 24.3 Å². The van der Waals surface area contributed by atoms with Crippen LogP contribution in [0.5, 0.6) is 0 Å². The lowest BCUT2D eigenvalue weighted by Crippen LogP contribution is -2.55. The van der Waals surface area contributed by atoms with E-state index in [-0.39, 0.29) is 26.1 Å². The number of nitrogens with zero attached hydrogens (tertiary/aromatic N) is 3. The SMILES string of the molecule is C[C@@H](CN(CC(=O)O)CC(=O)O)N(CC(=O)O)[C@H](Cc1ccc(NC(=O)CON)cc1)CN(CC(=O)O)CC(=O)O. The number of benzene rings is 1. The van der Waals surface area contributed by atoms with Crippen LogP contribution in [0.1, 0.15) is 12.5 Å². The van der Waals surface area contributed by atoms with Gasteiger partial charge in [0.1, 0.15) is 6.61 Å². The second kappa shape index (κ2) is 17.5. The molecule has 41 heavy (non-hydrogen) atoms. The largest absolute Gasteiger partial charge is 0.480 e. The Kier molecular flexibility index (Phi) is 14.9. The molecule has 0 aromatic heterocycles. The second-order valence-electron chi connectivity index (χ2n) is 9.24. The highest BCUT2D eigenvalue weighted by atomic mass is 16.6. The van der Waals surface area contributed by atoms with Crippen molar-refractivity contribution < 1.29 is 59.1 Å². The van der Waals surface area contributed by atoms with E-state index in [9.17, 15) is 54.3 Å². The van der Waals surface area contributed by atoms with Crippen LogP contribution in [-0.2, 0) is 40.0 Å². The van der Waals surface area contributed by atoms with Crippen LogP contribution in [0, 0.1) is 0 Å². The van der Waals surface area contributed by atoms with Gasteiger partial charge in [-0.05, 0) is 31.0 Å². The topological polar surface area (TPSA) is 261 Å². The minimum Gasteiger partial charge on any atom is -0.480 e. The van der Waals surface area contributed by atoms with Gasteiger partial charge in [-0.2, -0.15) is 0 Å². The molecular weight excluding hydrogens is 550 g/mol. The van der Waals surface area contributed by atoms with E-state index in [0.29, 0.717) is 11.3 Å². The Labute approximate surface area is 234 Å². The molecule has 0 aliphatic carbocycles. The van der Waals surface area contributed by atoms with Crippen molar-refractivity contribution in [2.45, 2.75) is 25.4 Å². The number of amides is 1. The van der Waals surface area contributed by atoms with E-state index >= 15 is 0 Å². The van der Waals surface area contributed by atoms with Crippen LogP contribution < -0.4 is 11.2 Å². The number of carboxylic acids is 5. The van der Waals surface area contributed by atoms with Crippen molar-refractivity contribution in [2.75, 3.05) is 57.7 Å². The predicted octanol–water partition coefficient (Wildman–Crippen LogP) is -1.86. The van der Waals surface area contributed by atoms with Gasteiger partial charge in [-0.15, -0.1) is 0 Å². The molecule has 0 heterocycles. The Bertz CT molecular complexity index is 1040. The molecule has 0 saturated heterocycles. The summed E-state index contributed by atoms with van der Waals surface area (Å²) >= 11 is 0. The first-order valence-electron chi connectivity index (χ1n) is 12.2. The maximum absolute atomic E-state index is 11.8. The van der Waals surface area contributed by atoms with Crippen LogP contribution >= 0.6 is 0 Å². The minimum atomic E-state index is -1.31. The molecule has 17 nitrogen and oxygen atoms in total. The average Bonchev–Trinajstić information content (AvgIpc) is 2.81. The molecule has 0 radical (unpaired) electrons. The van der Waals surface area contributed by atoms with Crippen molar-refractivity contribution >= 4 is 41.4 Å². The van der Waals surface area contributed by atoms with Crippen LogP contribution in [-0.4, -0.2) is 140 Å². The number of hydrogen-bond acceptors (Lipinski definition) is 11. The van der Waals surface area contributed by atoms with E-state index in [4.69, 9.17) is 5.90 Å². The van der Waals surface area contributed by atoms with E-state index in [1.165, 1.54) is 4.90 Å². The number of hydrogen-bond donors (Lipinski definition) is 7. The first kappa shape index (κ1) is 34.9. The van der Waals surface area contributed by atoms with Crippen molar-refractivity contribution in [3.05, 3.63) is 29.8 Å². The summed E-state index contributed by atoms with van der Waals surface area (Å²) in [4.78, 5) is 76.9. The second-order valence-corrected chi connectivity index (χ2v) is 9.24. The van der Waals surface area contributed by atoms with Gasteiger partial charge in [0.25, 0.3) is 5.91 Å². The summed E-state index contributed by atoms with van der Waals surface area (Å²) in [6, 6.07) is 4.77. The molecular formula is C24H35N5O12. The maximum Gasteiger partial charge on any atom is 0.317 e. The van der Waals surface area contributed by atoms with Crippen molar-refractivity contribution in [1.29, 1.82) is 0 Å². The van der Waals surface area contributed by atoms with Crippen molar-refractivity contribution in [1.82, 2.24) is 14.7 Å². The molecule has 1 aromatic rings. The highest BCUT2D eigenvalue weighted by Gasteiger charge is 2.31. The first-order chi connectivity index (χ1) is 19.2. The summed E-state index contributed by atoms with van der Waals surface area (Å²) in [7, 11) is 0. The Morgan fingerprint density at radius 1 is 0.756 bits per heavy atom. The lowest BCUT2D eigenvalue weighted by Gasteiger charge is -2.39. The molecule has 0 spiro atoms. The van der Waals surface area contributed by atoms with Crippen LogP contribution in [0.4, 0.5) is 5.69 Å². The van der Waals surface area contributed by atoms with E-state index in [2.05, 4.69) is 10.2 Å². The Morgan fingerprint density at radius 2 is 1.20 bits per heavy atom. The van der Waals surface area contributed by atoms with Gasteiger partial charge < -0.3 is 30.8 Å². The van der Waals surface area contributed by atoms with Gasteiger partial charge in [-0.1, -0.05) is 12.1 Å². The van der Waals surface area contributed by atoms with E-state index in [0.717, 1.165) is 9.80 Å². The van der Waals surface area contributed by atoms with Crippen LogP contribution in [0.3, 0.4) is 0 Å². The van der Waals surface area contributed by atoms with Crippen LogP contribution in [0.25, 0.3) is 0 Å². The fourth-order valence-corrected chi connectivity index (χ4v) is 4.27. The van der Waals surface area contributed by atoms with Gasteiger partial charge in [0.05, 0.1) is 32.7 Å². The molecule has 228 valence electrons. The molecule has 2 atom stereocenters. The van der Waals surface area contributed by atoms with Gasteiger partial charge in [0, 0.05) is 30.9 Å². The molecule has 1 rings (SSSR count). The van der Waals surface area contributed by atoms with Crippen molar-refractivity contribution in [2.24, 2.45) is 5.90 Å². The Morgan fingerprint density at radius 3 is 1.61 bits per heavy atom. The molecule has 17 heteroatoms. The molecule has 0 aliphatic heterocycles. The van der Waals surface area contributed by atoms with Gasteiger partial charge in [-0.3, -0.25) is 48.3 Å². The molecule has 1 aromatic carbocycles. The zero-order chi connectivity index (χ0) is 31.1. The summed E-state index contributed by atoms with van der Waals surface area (Å²) in [5.74, 6) is -2.10. The number of anilines is 1. The quantitative estimate of drug-likeness (QED) is 0.0780. The lowest BCUT2D eigenvalue weighted by molar-refractivity contribution is -0.144. The lowest BCUT2D eigenvalue weighted by atomic mass is 10.0. The molecule has 0 saturated carbocycles. The van der Waals surface area contributed by atoms with Crippen molar-refractivity contribution in [3.8, 4) is 0 Å². The molecule has 0 bridgehead atoms. The van der Waals surface area contributed by atoms with E-state index in [1.54, 1.807) is 31.2 Å². The third-order valence-electron chi connectivity index (χ3n) is 5.70. The van der Waals surface area contributed by atoms with Gasteiger partial charge in [-0.25, -0.2) is 5.90 Å². The zero-order valence-electron chi connectivity index (χ0n) is 22.3. The predicted molar refractivity (Wildman–Crippen MR) is 140 cm³/mol. The maximum atomic E-state index is 11.8. The third kappa shape index (κ3) is 14.7. The van der Waals surface area contributed by atoms with E-state index < -0.39 is 80.6 Å². The summed E-state index contributed by atoms with van der Waals surface area (Å²) < 4.78 is 0. The summed E-state index contributed by atoms with van der Waals surface area (Å²) in [6.07, 6.45) is 0.0886. The fourth-order valence-electron chi connectivity index (χ4n) is 4.27. The number of aliphatic carboxylic acids is 5. The van der Waals surface area contributed by atoms with Crippen molar-refractivity contribution in [3.63, 3.8) is 0 Å². The molecule has 8 N–H and O–H groups in total. The van der Waals surface area contributed by atoms with Crippen LogP contribution in [0.2, 0.25) is 0 Å². The Balaban J connectivity index is 3.40. The molecule has 0 unspecified atom stereocenters. The molecule has 0 fully saturated rings. The zero-order valence-corrected chi connectivity index (χ0v) is 22.3. The van der Waals surface area contributed by atoms with Gasteiger partial charge >= 0.3 is 29.8 Å². The smallest absolute Gasteiger partial charge is 0.317 e. The number of carbonyl (C=O) groups excluding carboxylic acids is 1. The summed E-state index contributed by atoms with van der Waals surface area (Å²) in [5.41, 5.74) is 1.02. The number of carboxylic acid groups (broad SMARTS) is 5. The number of nitrogens with one attached hydrogen (secondary N) is 1. The number of carbonyl (C=O) groups is 6. The fraction of sp³-hybridized carbons (Fsp3) is 0.500. The normalized spacial score (nSPS) is 12.7. The summed E-state index contributed by atoms with van der Waals surface area (Å²) in [5, 5.41) is 49.2. The van der Waals surface area contributed by atoms with Gasteiger partial charge in [0.2, 0.25) is 0 Å².